The quantitative estimate of drug-likeness (QED) is 0.0251. The summed E-state index contributed by atoms with van der Waals surface area (Å²) in [6.45, 7) is 2.70. The number of carbonyl (C=O) groups excluding carboxylic acids is 10. The first-order valence-corrected chi connectivity index (χ1v) is 26.6. The predicted molar refractivity (Wildman–Crippen MR) is 285 cm³/mol. The van der Waals surface area contributed by atoms with Gasteiger partial charge in [0.25, 0.3) is 0 Å². The number of H-pyrrole nitrogens is 1. The number of nitrogens with one attached hydrogen (secondary N) is 13. The molecule has 3 aromatic rings. The normalized spacial score (nSPS) is 21.9. The lowest BCUT2D eigenvalue weighted by molar-refractivity contribution is -0.136. The summed E-state index contributed by atoms with van der Waals surface area (Å²) in [5.41, 5.74) is 24.1. The second-order valence-corrected chi connectivity index (χ2v) is 20.3. The van der Waals surface area contributed by atoms with E-state index in [0.717, 1.165) is 32.5 Å². The maximum absolute atomic E-state index is 14.5. The molecule has 0 unspecified atom stereocenters. The van der Waals surface area contributed by atoms with Crippen molar-refractivity contribution in [2.75, 3.05) is 24.6 Å². The predicted octanol–water partition coefficient (Wildman–Crippen LogP) is -3.85. The molecular weight excluding hydrogens is 1030 g/mol. The minimum atomic E-state index is -1.71. The van der Waals surface area contributed by atoms with Gasteiger partial charge in [0.2, 0.25) is 59.1 Å². The van der Waals surface area contributed by atoms with Crippen LogP contribution in [0, 0.1) is 10.8 Å². The second-order valence-electron chi connectivity index (χ2n) is 17.7. The summed E-state index contributed by atoms with van der Waals surface area (Å²) in [4.78, 5) is 140. The Hall–Kier alpha value is -8.08. The largest absolute Gasteiger partial charge is 0.370 e. The topological polar surface area (TPSA) is 459 Å². The van der Waals surface area contributed by atoms with Crippen LogP contribution in [0.1, 0.15) is 57.1 Å². The van der Waals surface area contributed by atoms with Crippen LogP contribution in [0.3, 0.4) is 0 Å². The molecule has 76 heavy (non-hydrogen) atoms. The lowest BCUT2D eigenvalue weighted by Gasteiger charge is -2.27. The van der Waals surface area contributed by atoms with E-state index in [0.29, 0.717) is 11.1 Å². The van der Waals surface area contributed by atoms with Crippen molar-refractivity contribution in [1.82, 2.24) is 58.2 Å². The molecule has 0 radical (unpaired) electrons. The molecule has 0 saturated carbocycles. The number of benzene rings is 2. The van der Waals surface area contributed by atoms with Gasteiger partial charge in [0.05, 0.1) is 6.42 Å². The highest BCUT2D eigenvalue weighted by Gasteiger charge is 2.35. The molecule has 412 valence electrons. The number of aromatic nitrogens is 1. The number of hydrogen-bond donors (Lipinski definition) is 17. The SMILES string of the molecule is CC(=O)N[C@@H](CCCNC(=N)N)C(=O)N[C@H]1CSSC[C@@H](C(N)=O)NC(=O)[C@H](Cc2c[nH]c3ccccc23)NC(=O)[C@H](CCCNC(=N)N)NC(=O)[C@@H](Cc2ccccc2)NC(=O)[C@H](CC(N)=O)NC(=O)[C@@H](C)NC1=O. The van der Waals surface area contributed by atoms with Crippen molar-refractivity contribution >= 4 is 103 Å². The van der Waals surface area contributed by atoms with E-state index in [-0.39, 0.29) is 75.0 Å². The average Bonchev–Trinajstić information content (AvgIpc) is 3.77. The van der Waals surface area contributed by atoms with Gasteiger partial charge in [-0.25, -0.2) is 0 Å². The molecule has 1 aliphatic rings. The number of para-hydroxylation sites is 1. The van der Waals surface area contributed by atoms with Crippen LogP contribution in [0.25, 0.3) is 10.9 Å². The van der Waals surface area contributed by atoms with Crippen molar-refractivity contribution in [3.8, 4) is 0 Å². The van der Waals surface area contributed by atoms with E-state index in [1.54, 1.807) is 54.7 Å². The van der Waals surface area contributed by atoms with Gasteiger partial charge in [-0.2, -0.15) is 0 Å². The summed E-state index contributed by atoms with van der Waals surface area (Å²) < 4.78 is 0. The number of carbonyl (C=O) groups is 10. The molecule has 10 amide bonds. The van der Waals surface area contributed by atoms with Gasteiger partial charge >= 0.3 is 0 Å². The van der Waals surface area contributed by atoms with E-state index in [2.05, 4.69) is 58.2 Å². The fraction of sp³-hybridized carbons (Fsp3) is 0.447. The highest BCUT2D eigenvalue weighted by atomic mass is 33.1. The van der Waals surface area contributed by atoms with Crippen LogP contribution in [0.5, 0.6) is 0 Å². The molecular formula is C47H67N17O10S2. The van der Waals surface area contributed by atoms with Gasteiger partial charge in [-0.05, 0) is 49.8 Å². The summed E-state index contributed by atoms with van der Waals surface area (Å²) in [7, 11) is 1.94. The van der Waals surface area contributed by atoms with Gasteiger partial charge < -0.3 is 81.1 Å². The molecule has 2 aromatic carbocycles. The molecule has 0 bridgehead atoms. The van der Waals surface area contributed by atoms with E-state index < -0.39 is 114 Å². The summed E-state index contributed by atoms with van der Waals surface area (Å²) in [6.07, 6.45) is 0.915. The van der Waals surface area contributed by atoms with Gasteiger partial charge in [0.15, 0.2) is 11.9 Å². The summed E-state index contributed by atoms with van der Waals surface area (Å²) in [6, 6.07) is 4.14. The Balaban J connectivity index is 1.78. The molecule has 0 aliphatic carbocycles. The van der Waals surface area contributed by atoms with Crippen LogP contribution < -0.4 is 76.1 Å². The van der Waals surface area contributed by atoms with Crippen molar-refractivity contribution in [2.45, 2.75) is 107 Å². The summed E-state index contributed by atoms with van der Waals surface area (Å²) >= 11 is 0. The highest BCUT2D eigenvalue weighted by molar-refractivity contribution is 8.76. The molecule has 1 fully saturated rings. The number of guanidine groups is 2. The Morgan fingerprint density at radius 1 is 0.671 bits per heavy atom. The van der Waals surface area contributed by atoms with E-state index in [1.165, 1.54) is 13.8 Å². The zero-order valence-electron chi connectivity index (χ0n) is 41.9. The van der Waals surface area contributed by atoms with Crippen LogP contribution in [0.15, 0.2) is 60.8 Å². The third kappa shape index (κ3) is 20.3. The Bertz CT molecular complexity index is 2590. The van der Waals surface area contributed by atoms with Crippen molar-refractivity contribution < 1.29 is 47.9 Å². The average molecular weight is 1090 g/mol. The monoisotopic (exact) mass is 1090 g/mol. The zero-order valence-corrected chi connectivity index (χ0v) is 43.5. The van der Waals surface area contributed by atoms with Gasteiger partial charge in [-0.15, -0.1) is 0 Å². The van der Waals surface area contributed by atoms with Crippen LogP contribution in [-0.2, 0) is 60.8 Å². The first-order chi connectivity index (χ1) is 36.1. The lowest BCUT2D eigenvalue weighted by atomic mass is 10.0. The number of primary amides is 2. The maximum Gasteiger partial charge on any atom is 0.244 e. The minimum Gasteiger partial charge on any atom is -0.370 e. The van der Waals surface area contributed by atoms with Crippen molar-refractivity contribution in [3.63, 3.8) is 0 Å². The second kappa shape index (κ2) is 30.3. The number of hydrogen-bond acceptors (Lipinski definition) is 14. The van der Waals surface area contributed by atoms with E-state index >= 15 is 0 Å². The van der Waals surface area contributed by atoms with E-state index in [9.17, 15) is 47.9 Å². The maximum atomic E-state index is 14.5. The summed E-state index contributed by atoms with van der Waals surface area (Å²) in [5, 5.41) is 41.5. The number of fused-ring (bicyclic) bond motifs is 1. The third-order valence-corrected chi connectivity index (χ3v) is 14.0. The minimum absolute atomic E-state index is 0.0406. The lowest BCUT2D eigenvalue weighted by Crippen LogP contribution is -2.61. The Morgan fingerprint density at radius 2 is 1.24 bits per heavy atom. The van der Waals surface area contributed by atoms with Gasteiger partial charge in [0.1, 0.15) is 48.3 Å². The molecule has 0 spiro atoms. The van der Waals surface area contributed by atoms with Crippen molar-refractivity contribution in [2.24, 2.45) is 22.9 Å². The first-order valence-electron chi connectivity index (χ1n) is 24.1. The molecule has 29 heteroatoms. The first kappa shape index (κ1) is 60.5. The molecule has 27 nitrogen and oxygen atoms in total. The standard InChI is InChI=1S/C47H67N17O10S2/c1-24-39(68)60-34(20-37(48)66)44(73)61-32(18-26-10-4-3-5-11-26)42(71)59-31(15-9-17-55-47(52)53)41(70)62-33(19-27-21-56-29-13-7-6-12-28(27)29)43(72)63-35(38(49)67)22-75-76-23-36(45(74)57-24)64-40(69)30(58-25(2)65)14-8-16-54-46(50)51/h3-7,10-13,21,24,30-36,56H,8-9,14-20,22-23H2,1-2H3,(H2,48,66)(H2,49,67)(H,57,74)(H,58,65)(H,59,71)(H,60,68)(H,61,73)(H,62,70)(H,63,72)(H,64,69)(H4,50,51,54)(H4,52,53,55)/t24-,30+,31+,32-,33+,34+,35+,36+/m1/s1. The van der Waals surface area contributed by atoms with Crippen LogP contribution >= 0.6 is 21.6 Å². The van der Waals surface area contributed by atoms with Crippen molar-refractivity contribution in [1.29, 1.82) is 10.8 Å². The summed E-state index contributed by atoms with van der Waals surface area (Å²) in [5.74, 6) is -10.0. The highest BCUT2D eigenvalue weighted by Crippen LogP contribution is 2.24. The van der Waals surface area contributed by atoms with Crippen LogP contribution in [0.2, 0.25) is 0 Å². The number of aromatic amines is 1. The fourth-order valence-corrected chi connectivity index (χ4v) is 10.0. The zero-order chi connectivity index (χ0) is 55.9. The van der Waals surface area contributed by atoms with Crippen LogP contribution in [-0.4, -0.2) is 149 Å². The molecule has 1 aliphatic heterocycles. The Kier molecular flexibility index (Phi) is 24.1. The molecule has 2 heterocycles. The van der Waals surface area contributed by atoms with Gasteiger partial charge in [-0.1, -0.05) is 70.1 Å². The number of rotatable bonds is 18. The Morgan fingerprint density at radius 3 is 1.88 bits per heavy atom. The molecule has 1 saturated heterocycles. The number of amides is 10. The molecule has 1 aromatic heterocycles. The smallest absolute Gasteiger partial charge is 0.244 e. The van der Waals surface area contributed by atoms with Crippen molar-refractivity contribution in [3.05, 3.63) is 71.9 Å². The third-order valence-electron chi connectivity index (χ3n) is 11.6. The molecule has 21 N–H and O–H groups in total. The van der Waals surface area contributed by atoms with E-state index in [1.807, 2.05) is 6.07 Å². The van der Waals surface area contributed by atoms with Gasteiger partial charge in [-0.3, -0.25) is 58.8 Å². The van der Waals surface area contributed by atoms with Gasteiger partial charge in [0, 0.05) is 61.5 Å². The molecule has 4 rings (SSSR count). The fourth-order valence-electron chi connectivity index (χ4n) is 7.69. The molecule has 8 atom stereocenters. The van der Waals surface area contributed by atoms with Crippen LogP contribution in [0.4, 0.5) is 0 Å². The Labute approximate surface area is 445 Å². The van der Waals surface area contributed by atoms with E-state index in [4.69, 9.17) is 33.8 Å². The number of nitrogens with two attached hydrogens (primary N) is 4.